The molecule has 9 heteroatoms. The third-order valence-electron chi connectivity index (χ3n) is 3.84. The first-order chi connectivity index (χ1) is 10.4. The molecular formula is C15H26ClF3N4O. The zero-order valence-corrected chi connectivity index (χ0v) is 15.4. The van der Waals surface area contributed by atoms with Gasteiger partial charge < -0.3 is 11.1 Å². The van der Waals surface area contributed by atoms with Crippen LogP contribution in [0.3, 0.4) is 0 Å². The van der Waals surface area contributed by atoms with Crippen LogP contribution in [0.5, 0.6) is 0 Å². The van der Waals surface area contributed by atoms with E-state index in [1.54, 1.807) is 27.7 Å². The Kier molecular flexibility index (Phi) is 7.76. The number of aromatic nitrogens is 2. The highest BCUT2D eigenvalue weighted by molar-refractivity contribution is 5.86. The summed E-state index contributed by atoms with van der Waals surface area (Å²) in [5.74, 6) is -0.325. The van der Waals surface area contributed by atoms with Gasteiger partial charge in [-0.3, -0.25) is 9.48 Å². The SMILES string of the molecule is CCCC(C)(N)C(=O)NC(C)c1c(C)nn(CC(F)(F)F)c1C.Cl. The van der Waals surface area contributed by atoms with E-state index in [4.69, 9.17) is 5.73 Å². The molecule has 2 atom stereocenters. The first-order valence-electron chi connectivity index (χ1n) is 7.59. The van der Waals surface area contributed by atoms with Crippen molar-refractivity contribution < 1.29 is 18.0 Å². The van der Waals surface area contributed by atoms with Gasteiger partial charge in [-0.2, -0.15) is 18.3 Å². The fourth-order valence-corrected chi connectivity index (χ4v) is 2.73. The van der Waals surface area contributed by atoms with Gasteiger partial charge in [0.05, 0.1) is 17.3 Å². The molecular weight excluding hydrogens is 345 g/mol. The largest absolute Gasteiger partial charge is 0.408 e. The lowest BCUT2D eigenvalue weighted by atomic mass is 9.95. The molecule has 0 aromatic carbocycles. The summed E-state index contributed by atoms with van der Waals surface area (Å²) in [7, 11) is 0. The summed E-state index contributed by atoms with van der Waals surface area (Å²) in [6, 6.07) is -0.468. The highest BCUT2D eigenvalue weighted by Gasteiger charge is 2.32. The Labute approximate surface area is 146 Å². The van der Waals surface area contributed by atoms with Crippen LogP contribution in [0, 0.1) is 13.8 Å². The molecule has 1 aromatic heterocycles. The fourth-order valence-electron chi connectivity index (χ4n) is 2.73. The van der Waals surface area contributed by atoms with Gasteiger partial charge in [0.1, 0.15) is 6.54 Å². The molecule has 0 radical (unpaired) electrons. The van der Waals surface area contributed by atoms with Crippen LogP contribution in [0.2, 0.25) is 0 Å². The Balaban J connectivity index is 0.00000529. The van der Waals surface area contributed by atoms with Crippen molar-refractivity contribution in [3.63, 3.8) is 0 Å². The standard InChI is InChI=1S/C15H25F3N4O.ClH/c1-6-7-14(5,19)13(23)20-9(2)12-10(3)21-22(11(12)4)8-15(16,17)18;/h9H,6-8,19H2,1-5H3,(H,20,23);1H. The molecule has 5 nitrogen and oxygen atoms in total. The molecule has 1 heterocycles. The van der Waals surface area contributed by atoms with Crippen LogP contribution in [-0.2, 0) is 11.3 Å². The number of aryl methyl sites for hydroxylation is 1. The molecule has 2 unspecified atom stereocenters. The maximum atomic E-state index is 12.6. The molecule has 0 saturated carbocycles. The van der Waals surface area contributed by atoms with Gasteiger partial charge in [-0.15, -0.1) is 12.4 Å². The molecule has 24 heavy (non-hydrogen) atoms. The number of alkyl halides is 3. The molecule has 1 rings (SSSR count). The Bertz CT molecular complexity index is 570. The average Bonchev–Trinajstić information content (AvgIpc) is 2.61. The zero-order chi connectivity index (χ0) is 18.0. The summed E-state index contributed by atoms with van der Waals surface area (Å²) in [4.78, 5) is 12.3. The Morgan fingerprint density at radius 1 is 1.38 bits per heavy atom. The number of nitrogens with zero attached hydrogens (tertiary/aromatic N) is 2. The van der Waals surface area contributed by atoms with E-state index in [1.807, 2.05) is 6.92 Å². The van der Waals surface area contributed by atoms with Crippen LogP contribution in [0.15, 0.2) is 0 Å². The number of nitrogens with one attached hydrogen (secondary N) is 1. The van der Waals surface area contributed by atoms with Crippen LogP contribution in [0.25, 0.3) is 0 Å². The highest BCUT2D eigenvalue weighted by Crippen LogP contribution is 2.25. The van der Waals surface area contributed by atoms with E-state index in [1.165, 1.54) is 0 Å². The molecule has 0 bridgehead atoms. The van der Waals surface area contributed by atoms with Gasteiger partial charge in [0.2, 0.25) is 5.91 Å². The number of rotatable bonds is 6. The van der Waals surface area contributed by atoms with Gasteiger partial charge >= 0.3 is 6.18 Å². The summed E-state index contributed by atoms with van der Waals surface area (Å²) >= 11 is 0. The number of halogens is 4. The minimum Gasteiger partial charge on any atom is -0.348 e. The van der Waals surface area contributed by atoms with Gasteiger partial charge in [0, 0.05) is 11.3 Å². The second kappa shape index (κ2) is 8.20. The second-order valence-corrected chi connectivity index (χ2v) is 6.22. The normalized spacial score (nSPS) is 15.4. The minimum atomic E-state index is -4.34. The third-order valence-corrected chi connectivity index (χ3v) is 3.84. The molecule has 1 aromatic rings. The van der Waals surface area contributed by atoms with Gasteiger partial charge in [-0.1, -0.05) is 13.3 Å². The zero-order valence-electron chi connectivity index (χ0n) is 14.6. The van der Waals surface area contributed by atoms with Crippen molar-refractivity contribution in [1.29, 1.82) is 0 Å². The molecule has 0 spiro atoms. The molecule has 0 aliphatic carbocycles. The maximum Gasteiger partial charge on any atom is 0.408 e. The molecule has 0 aliphatic heterocycles. The number of hydrogen-bond acceptors (Lipinski definition) is 3. The monoisotopic (exact) mass is 370 g/mol. The lowest BCUT2D eigenvalue weighted by Crippen LogP contribution is -2.52. The summed E-state index contributed by atoms with van der Waals surface area (Å²) in [5.41, 5.74) is 6.42. The Hall–Kier alpha value is -1.28. The van der Waals surface area contributed by atoms with E-state index < -0.39 is 24.3 Å². The van der Waals surface area contributed by atoms with Gasteiger partial charge in [-0.25, -0.2) is 0 Å². The molecule has 3 N–H and O–H groups in total. The van der Waals surface area contributed by atoms with E-state index >= 15 is 0 Å². The summed E-state index contributed by atoms with van der Waals surface area (Å²) in [6.07, 6.45) is -3.06. The van der Waals surface area contributed by atoms with E-state index in [9.17, 15) is 18.0 Å². The van der Waals surface area contributed by atoms with E-state index in [2.05, 4.69) is 10.4 Å². The van der Waals surface area contributed by atoms with Crippen LogP contribution in [0.1, 0.15) is 56.6 Å². The van der Waals surface area contributed by atoms with Crippen molar-refractivity contribution in [1.82, 2.24) is 15.1 Å². The van der Waals surface area contributed by atoms with Crippen LogP contribution >= 0.6 is 12.4 Å². The van der Waals surface area contributed by atoms with E-state index in [0.29, 0.717) is 23.4 Å². The minimum absolute atomic E-state index is 0. The third kappa shape index (κ3) is 5.66. The summed E-state index contributed by atoms with van der Waals surface area (Å²) < 4.78 is 38.6. The van der Waals surface area contributed by atoms with Gasteiger partial charge in [-0.05, 0) is 34.1 Å². The second-order valence-electron chi connectivity index (χ2n) is 6.22. The molecule has 140 valence electrons. The van der Waals surface area contributed by atoms with Crippen LogP contribution < -0.4 is 11.1 Å². The lowest BCUT2D eigenvalue weighted by molar-refractivity contribution is -0.143. The molecule has 0 fully saturated rings. The average molecular weight is 371 g/mol. The van der Waals surface area contributed by atoms with E-state index in [-0.39, 0.29) is 18.3 Å². The van der Waals surface area contributed by atoms with Crippen molar-refractivity contribution in [3.8, 4) is 0 Å². The lowest BCUT2D eigenvalue weighted by Gasteiger charge is -2.25. The number of hydrogen-bond donors (Lipinski definition) is 2. The number of carbonyl (C=O) groups excluding carboxylic acids is 1. The summed E-state index contributed by atoms with van der Waals surface area (Å²) in [5, 5.41) is 6.72. The first-order valence-corrected chi connectivity index (χ1v) is 7.59. The van der Waals surface area contributed by atoms with E-state index in [0.717, 1.165) is 11.1 Å². The van der Waals surface area contributed by atoms with Gasteiger partial charge in [0.15, 0.2) is 0 Å². The van der Waals surface area contributed by atoms with Crippen molar-refractivity contribution in [3.05, 3.63) is 17.0 Å². The molecule has 1 amide bonds. The number of nitrogens with two attached hydrogens (primary N) is 1. The topological polar surface area (TPSA) is 72.9 Å². The van der Waals surface area contributed by atoms with Gasteiger partial charge in [0.25, 0.3) is 0 Å². The van der Waals surface area contributed by atoms with Crippen molar-refractivity contribution in [2.45, 2.75) is 71.8 Å². The highest BCUT2D eigenvalue weighted by atomic mass is 35.5. The Morgan fingerprint density at radius 3 is 2.38 bits per heavy atom. The van der Waals surface area contributed by atoms with Crippen molar-refractivity contribution in [2.75, 3.05) is 0 Å². The Morgan fingerprint density at radius 2 is 1.92 bits per heavy atom. The van der Waals surface area contributed by atoms with Crippen molar-refractivity contribution in [2.24, 2.45) is 5.73 Å². The first kappa shape index (κ1) is 22.7. The number of amides is 1. The maximum absolute atomic E-state index is 12.6. The smallest absolute Gasteiger partial charge is 0.348 e. The summed E-state index contributed by atoms with van der Waals surface area (Å²) in [6.45, 7) is 7.34. The quantitative estimate of drug-likeness (QED) is 0.807. The molecule has 0 aliphatic rings. The van der Waals surface area contributed by atoms with Crippen LogP contribution in [-0.4, -0.2) is 27.4 Å². The van der Waals surface area contributed by atoms with Crippen LogP contribution in [0.4, 0.5) is 13.2 Å². The van der Waals surface area contributed by atoms with Crippen molar-refractivity contribution >= 4 is 18.3 Å². The predicted octanol–water partition coefficient (Wildman–Crippen LogP) is 3.18. The predicted molar refractivity (Wildman–Crippen MR) is 89.1 cm³/mol. The fraction of sp³-hybridized carbons (Fsp3) is 0.733. The molecule has 0 saturated heterocycles. The number of carbonyl (C=O) groups is 1.